The van der Waals surface area contributed by atoms with E-state index in [0.717, 1.165) is 28.5 Å². The van der Waals surface area contributed by atoms with Crippen LogP contribution in [0, 0.1) is 0 Å². The summed E-state index contributed by atoms with van der Waals surface area (Å²) in [5, 5.41) is 10.1. The third kappa shape index (κ3) is 7.23. The summed E-state index contributed by atoms with van der Waals surface area (Å²) in [6, 6.07) is 12.0. The molecule has 1 saturated carbocycles. The lowest BCUT2D eigenvalue weighted by molar-refractivity contribution is -0.131. The van der Waals surface area contributed by atoms with E-state index in [1.165, 1.54) is 15.9 Å². The van der Waals surface area contributed by atoms with Crippen LogP contribution in [-0.2, 0) is 22.6 Å². The molecule has 2 amide bonds. The molecule has 1 aromatic heterocycles. The van der Waals surface area contributed by atoms with Gasteiger partial charge in [0.25, 0.3) is 0 Å². The van der Waals surface area contributed by atoms with Crippen LogP contribution in [0.1, 0.15) is 36.8 Å². The van der Waals surface area contributed by atoms with Gasteiger partial charge in [-0.2, -0.15) is 0 Å². The van der Waals surface area contributed by atoms with Crippen molar-refractivity contribution in [1.29, 1.82) is 0 Å². The van der Waals surface area contributed by atoms with E-state index in [9.17, 15) is 28.3 Å². The lowest BCUT2D eigenvalue weighted by Gasteiger charge is -2.37. The number of thiazole rings is 1. The Morgan fingerprint density at radius 1 is 1.13 bits per heavy atom. The lowest BCUT2D eigenvalue weighted by atomic mass is 9.91. The Balaban J connectivity index is 1.49. The average Bonchev–Trinajstić information content (AvgIpc) is 3.33. The number of hydrogen-bond donors (Lipinski definition) is 2. The first kappa shape index (κ1) is 28.3. The van der Waals surface area contributed by atoms with Crippen molar-refractivity contribution < 1.29 is 28.2 Å². The van der Waals surface area contributed by atoms with Gasteiger partial charge in [0.05, 0.1) is 4.70 Å². The van der Waals surface area contributed by atoms with Crippen molar-refractivity contribution in [2.45, 2.75) is 50.7 Å². The highest BCUT2D eigenvalue weighted by molar-refractivity contribution is 7.16. The fourth-order valence-corrected chi connectivity index (χ4v) is 5.68. The molecule has 8 nitrogen and oxygen atoms in total. The molecule has 11 heteroatoms. The Morgan fingerprint density at radius 2 is 1.85 bits per heavy atom. The van der Waals surface area contributed by atoms with Crippen LogP contribution in [0.4, 0.5) is 13.6 Å². The zero-order valence-electron chi connectivity index (χ0n) is 21.4. The normalized spacial score (nSPS) is 15.1. The highest BCUT2D eigenvalue weighted by atomic mass is 32.1. The van der Waals surface area contributed by atoms with Crippen LogP contribution >= 0.6 is 11.3 Å². The number of halogens is 2. The van der Waals surface area contributed by atoms with Gasteiger partial charge in [0.15, 0.2) is 0 Å². The van der Waals surface area contributed by atoms with Gasteiger partial charge in [0.1, 0.15) is 17.9 Å². The van der Waals surface area contributed by atoms with Crippen LogP contribution in [0.15, 0.2) is 59.9 Å². The first-order chi connectivity index (χ1) is 18.7. The van der Waals surface area contributed by atoms with Gasteiger partial charge in [-0.1, -0.05) is 54.3 Å². The van der Waals surface area contributed by atoms with Crippen LogP contribution in [0.3, 0.4) is 0 Å². The van der Waals surface area contributed by atoms with Gasteiger partial charge in [0, 0.05) is 38.5 Å². The number of alkyl halides is 2. The summed E-state index contributed by atoms with van der Waals surface area (Å²) in [6.45, 7) is 4.06. The molecule has 4 rings (SSSR count). The topological polar surface area (TPSA) is 103 Å². The molecule has 2 N–H and O–H groups in total. The largest absolute Gasteiger partial charge is 0.506 e. The minimum absolute atomic E-state index is 0.0390. The number of ether oxygens (including phenoxy) is 1. The molecule has 0 atom stereocenters. The van der Waals surface area contributed by atoms with Gasteiger partial charge in [0.2, 0.25) is 11.8 Å². The first-order valence-electron chi connectivity index (χ1n) is 12.8. The van der Waals surface area contributed by atoms with Gasteiger partial charge < -0.3 is 24.6 Å². The molecule has 3 aromatic rings. The van der Waals surface area contributed by atoms with Crippen molar-refractivity contribution in [2.75, 3.05) is 19.6 Å². The Kier molecular flexibility index (Phi) is 9.01. The van der Waals surface area contributed by atoms with Crippen molar-refractivity contribution in [1.82, 2.24) is 14.8 Å². The van der Waals surface area contributed by atoms with E-state index >= 15 is 0 Å². The molecular formula is C28H31F2N3O5S. The van der Waals surface area contributed by atoms with Gasteiger partial charge in [-0.25, -0.2) is 13.6 Å². The Labute approximate surface area is 228 Å². The van der Waals surface area contributed by atoms with Crippen molar-refractivity contribution in [3.8, 4) is 5.75 Å². The third-order valence-electron chi connectivity index (χ3n) is 6.95. The summed E-state index contributed by atoms with van der Waals surface area (Å²) in [4.78, 5) is 43.0. The second-order valence-electron chi connectivity index (χ2n) is 9.56. The van der Waals surface area contributed by atoms with E-state index in [0.29, 0.717) is 16.6 Å². The molecule has 1 aliphatic rings. The minimum atomic E-state index is -2.73. The predicted molar refractivity (Wildman–Crippen MR) is 145 cm³/mol. The molecule has 1 fully saturated rings. The molecule has 0 bridgehead atoms. The smallest absolute Gasteiger partial charge is 0.410 e. The van der Waals surface area contributed by atoms with Gasteiger partial charge in [-0.3, -0.25) is 9.59 Å². The molecule has 0 aliphatic heterocycles. The molecule has 208 valence electrons. The van der Waals surface area contributed by atoms with Crippen LogP contribution in [-0.4, -0.2) is 63.5 Å². The molecule has 39 heavy (non-hydrogen) atoms. The number of amides is 2. The summed E-state index contributed by atoms with van der Waals surface area (Å²) in [6.07, 6.45) is 0.681. The van der Waals surface area contributed by atoms with Crippen molar-refractivity contribution in [3.63, 3.8) is 0 Å². The van der Waals surface area contributed by atoms with Gasteiger partial charge >= 0.3 is 11.0 Å². The summed E-state index contributed by atoms with van der Waals surface area (Å²) >= 11 is 0.973. The lowest BCUT2D eigenvalue weighted by Crippen LogP contribution is -2.48. The maximum absolute atomic E-state index is 13.7. The maximum Gasteiger partial charge on any atom is 0.410 e. The van der Waals surface area contributed by atoms with E-state index in [-0.39, 0.29) is 74.5 Å². The van der Waals surface area contributed by atoms with E-state index < -0.39 is 12.0 Å². The summed E-state index contributed by atoms with van der Waals surface area (Å²) in [7, 11) is 0. The number of phenols is 1. The van der Waals surface area contributed by atoms with Crippen molar-refractivity contribution >= 4 is 33.6 Å². The van der Waals surface area contributed by atoms with Crippen molar-refractivity contribution in [2.24, 2.45) is 0 Å². The second kappa shape index (κ2) is 12.4. The van der Waals surface area contributed by atoms with Gasteiger partial charge in [-0.15, -0.1) is 0 Å². The number of phenolic OH excluding ortho intramolecular Hbond substituents is 1. The number of hydrogen-bond acceptors (Lipinski definition) is 6. The number of nitrogens with one attached hydrogen (secondary N) is 1. The zero-order chi connectivity index (χ0) is 28.0. The molecule has 0 radical (unpaired) electrons. The predicted octanol–water partition coefficient (Wildman–Crippen LogP) is 5.07. The number of aromatic nitrogens is 1. The molecule has 1 heterocycles. The fourth-order valence-electron chi connectivity index (χ4n) is 4.79. The molecular weight excluding hydrogens is 528 g/mol. The number of H-pyrrole nitrogens is 1. The molecule has 0 unspecified atom stereocenters. The van der Waals surface area contributed by atoms with Gasteiger partial charge in [-0.05, 0) is 42.5 Å². The van der Waals surface area contributed by atoms with Crippen LogP contribution in [0.2, 0.25) is 0 Å². The zero-order valence-corrected chi connectivity index (χ0v) is 22.2. The van der Waals surface area contributed by atoms with Crippen LogP contribution < -0.4 is 4.87 Å². The number of nitrogens with zero attached hydrogens (tertiary/aromatic N) is 2. The molecule has 0 spiro atoms. The van der Waals surface area contributed by atoms with E-state index in [2.05, 4.69) is 11.6 Å². The number of fused-ring (bicyclic) bond motifs is 1. The highest BCUT2D eigenvalue weighted by Crippen LogP contribution is 2.35. The molecule has 0 saturated heterocycles. The first-order valence-corrected chi connectivity index (χ1v) is 13.6. The monoisotopic (exact) mass is 559 g/mol. The molecule has 2 aromatic carbocycles. The standard InChI is InChI=1S/C28H31F2N3O5S/c1-2-23(35)33(21-10-13-28(29,30)14-11-21)17-16-32(27(37)38-18-19-6-4-3-5-7-19)15-12-20-8-9-22(34)24-25(20)39-26(36)31-24/h2-9,21,34H,1,10-18H2,(H,31,36). The van der Waals surface area contributed by atoms with Crippen LogP contribution in [0.5, 0.6) is 5.75 Å². The highest BCUT2D eigenvalue weighted by Gasteiger charge is 2.38. The second-order valence-corrected chi connectivity index (χ2v) is 10.5. The number of aromatic hydroxyl groups is 1. The molecule has 1 aliphatic carbocycles. The number of carbonyl (C=O) groups excluding carboxylic acids is 2. The average molecular weight is 560 g/mol. The Bertz CT molecular complexity index is 1360. The van der Waals surface area contributed by atoms with E-state index in [4.69, 9.17) is 4.74 Å². The van der Waals surface area contributed by atoms with E-state index in [1.54, 1.807) is 6.07 Å². The summed E-state index contributed by atoms with van der Waals surface area (Å²) in [5.74, 6) is -3.14. The number of carbonyl (C=O) groups is 2. The Morgan fingerprint density at radius 3 is 2.54 bits per heavy atom. The number of rotatable bonds is 10. The van der Waals surface area contributed by atoms with Crippen molar-refractivity contribution in [3.05, 3.63) is 75.9 Å². The maximum atomic E-state index is 13.7. The number of benzene rings is 2. The summed E-state index contributed by atoms with van der Waals surface area (Å²) in [5.41, 5.74) is 1.92. The Hall–Kier alpha value is -3.73. The van der Waals surface area contributed by atoms with E-state index in [1.807, 2.05) is 30.3 Å². The fraction of sp³-hybridized carbons (Fsp3) is 0.393. The minimum Gasteiger partial charge on any atom is -0.506 e. The summed E-state index contributed by atoms with van der Waals surface area (Å²) < 4.78 is 33.6. The SMILES string of the molecule is C=CC(=O)N(CCN(CCc1ccc(O)c2[nH]c(=O)sc12)C(=O)OCc1ccccc1)C1CCC(F)(F)CC1. The quantitative estimate of drug-likeness (QED) is 0.338. The van der Waals surface area contributed by atoms with Crippen LogP contribution in [0.25, 0.3) is 10.2 Å². The third-order valence-corrected chi connectivity index (χ3v) is 7.91. The number of aromatic amines is 1.